The molecule has 0 aliphatic carbocycles. The lowest BCUT2D eigenvalue weighted by atomic mass is 9.87. The third kappa shape index (κ3) is 9.26. The van der Waals surface area contributed by atoms with Crippen LogP contribution in [0.15, 0.2) is 0 Å². The summed E-state index contributed by atoms with van der Waals surface area (Å²) in [5.41, 5.74) is 0. The van der Waals surface area contributed by atoms with Crippen molar-refractivity contribution in [3.63, 3.8) is 0 Å². The zero-order valence-corrected chi connectivity index (χ0v) is 13.8. The average molecular weight is 313 g/mol. The van der Waals surface area contributed by atoms with Crippen molar-refractivity contribution in [2.75, 3.05) is 6.54 Å². The minimum absolute atomic E-state index is 0.0216. The highest BCUT2D eigenvalue weighted by Gasteiger charge is 2.24. The molecule has 0 heterocycles. The molecule has 0 aromatic rings. The predicted octanol–water partition coefficient (Wildman–Crippen LogP) is 1.81. The van der Waals surface area contributed by atoms with E-state index in [0.29, 0.717) is 6.42 Å². The van der Waals surface area contributed by atoms with E-state index in [9.17, 15) is 19.2 Å². The first kappa shape index (κ1) is 20.3. The first-order valence-electron chi connectivity index (χ1n) is 7.67. The van der Waals surface area contributed by atoms with Crippen LogP contribution in [0.5, 0.6) is 0 Å². The van der Waals surface area contributed by atoms with Gasteiger partial charge in [-0.15, -0.1) is 0 Å². The van der Waals surface area contributed by atoms with Gasteiger partial charge in [0.05, 0.1) is 6.54 Å². The van der Waals surface area contributed by atoms with Crippen LogP contribution in [0.4, 0.5) is 0 Å². The lowest BCUT2D eigenvalue weighted by Crippen LogP contribution is -2.32. The quantitative estimate of drug-likeness (QED) is 0.606. The van der Waals surface area contributed by atoms with E-state index in [-0.39, 0.29) is 55.1 Å². The number of carboxylic acid groups (broad SMARTS) is 1. The number of hydrogen-bond acceptors (Lipinski definition) is 4. The highest BCUT2D eigenvalue weighted by atomic mass is 16.4. The number of carbonyl (C=O) groups excluding carboxylic acids is 3. The van der Waals surface area contributed by atoms with Crippen LogP contribution < -0.4 is 5.32 Å². The fourth-order valence-electron chi connectivity index (χ4n) is 2.10. The van der Waals surface area contributed by atoms with E-state index < -0.39 is 11.9 Å². The number of carboxylic acids is 1. The van der Waals surface area contributed by atoms with Crippen molar-refractivity contribution >= 4 is 23.4 Å². The van der Waals surface area contributed by atoms with Gasteiger partial charge in [0, 0.05) is 31.1 Å². The number of hydrogen-bond donors (Lipinski definition) is 2. The van der Waals surface area contributed by atoms with E-state index in [1.165, 1.54) is 0 Å². The summed E-state index contributed by atoms with van der Waals surface area (Å²) in [5, 5.41) is 11.3. The Morgan fingerprint density at radius 1 is 1.00 bits per heavy atom. The number of Topliss-reactive ketones (excluding diaryl/α,β-unsaturated/α-hetero) is 2. The summed E-state index contributed by atoms with van der Waals surface area (Å²) < 4.78 is 0. The van der Waals surface area contributed by atoms with Gasteiger partial charge in [0.2, 0.25) is 5.91 Å². The van der Waals surface area contributed by atoms with Crippen LogP contribution in [0.2, 0.25) is 0 Å². The van der Waals surface area contributed by atoms with Gasteiger partial charge in [-0.1, -0.05) is 27.7 Å². The SMILES string of the molecule is CC(C)CC(=O)NCC(=O)C[C@@H](CCC(=O)O)C(=O)C(C)C. The number of carbonyl (C=O) groups is 4. The van der Waals surface area contributed by atoms with Crippen LogP contribution in [0.3, 0.4) is 0 Å². The summed E-state index contributed by atoms with van der Waals surface area (Å²) >= 11 is 0. The highest BCUT2D eigenvalue weighted by molar-refractivity contribution is 5.91. The average Bonchev–Trinajstić information content (AvgIpc) is 2.39. The lowest BCUT2D eigenvalue weighted by Gasteiger charge is -2.16. The van der Waals surface area contributed by atoms with Crippen molar-refractivity contribution in [2.24, 2.45) is 17.8 Å². The van der Waals surface area contributed by atoms with Crippen molar-refractivity contribution in [1.29, 1.82) is 0 Å². The normalized spacial score (nSPS) is 12.3. The smallest absolute Gasteiger partial charge is 0.303 e. The summed E-state index contributed by atoms with van der Waals surface area (Å²) in [6.07, 6.45) is 0.334. The molecular weight excluding hydrogens is 286 g/mol. The van der Waals surface area contributed by atoms with Crippen LogP contribution in [0, 0.1) is 17.8 Å². The molecular formula is C16H27NO5. The number of nitrogens with one attached hydrogen (secondary N) is 1. The van der Waals surface area contributed by atoms with E-state index in [1.54, 1.807) is 13.8 Å². The molecule has 0 saturated heterocycles. The molecule has 126 valence electrons. The largest absolute Gasteiger partial charge is 0.481 e. The minimum Gasteiger partial charge on any atom is -0.481 e. The van der Waals surface area contributed by atoms with E-state index in [0.717, 1.165) is 0 Å². The first-order chi connectivity index (χ1) is 10.1. The Balaban J connectivity index is 4.45. The second kappa shape index (κ2) is 10.1. The molecule has 0 unspecified atom stereocenters. The number of amides is 1. The van der Waals surface area contributed by atoms with E-state index >= 15 is 0 Å². The monoisotopic (exact) mass is 313 g/mol. The maximum Gasteiger partial charge on any atom is 0.303 e. The molecule has 6 heteroatoms. The molecule has 0 aliphatic heterocycles. The van der Waals surface area contributed by atoms with Crippen LogP contribution >= 0.6 is 0 Å². The molecule has 0 bridgehead atoms. The van der Waals surface area contributed by atoms with Gasteiger partial charge in [-0.05, 0) is 12.3 Å². The summed E-state index contributed by atoms with van der Waals surface area (Å²) in [6, 6.07) is 0. The van der Waals surface area contributed by atoms with Gasteiger partial charge in [-0.2, -0.15) is 0 Å². The Morgan fingerprint density at radius 2 is 1.59 bits per heavy atom. The Hall–Kier alpha value is -1.72. The second-order valence-electron chi connectivity index (χ2n) is 6.30. The van der Waals surface area contributed by atoms with Crippen molar-refractivity contribution in [1.82, 2.24) is 5.32 Å². The summed E-state index contributed by atoms with van der Waals surface area (Å²) in [4.78, 5) is 46.1. The van der Waals surface area contributed by atoms with Gasteiger partial charge in [0.15, 0.2) is 5.78 Å². The fraction of sp³-hybridized carbons (Fsp3) is 0.750. The molecule has 0 spiro atoms. The zero-order valence-electron chi connectivity index (χ0n) is 13.8. The van der Waals surface area contributed by atoms with Crippen molar-refractivity contribution < 1.29 is 24.3 Å². The maximum absolute atomic E-state index is 12.0. The predicted molar refractivity (Wildman–Crippen MR) is 82.3 cm³/mol. The van der Waals surface area contributed by atoms with Crippen LogP contribution in [-0.4, -0.2) is 35.1 Å². The Kier molecular flexibility index (Phi) is 9.29. The van der Waals surface area contributed by atoms with Gasteiger partial charge in [-0.25, -0.2) is 0 Å². The van der Waals surface area contributed by atoms with E-state index in [1.807, 2.05) is 13.8 Å². The van der Waals surface area contributed by atoms with Gasteiger partial charge >= 0.3 is 5.97 Å². The third-order valence-electron chi connectivity index (χ3n) is 3.23. The summed E-state index contributed by atoms with van der Waals surface area (Å²) in [7, 11) is 0. The summed E-state index contributed by atoms with van der Waals surface area (Å²) in [5.74, 6) is -2.17. The molecule has 0 aliphatic rings. The lowest BCUT2D eigenvalue weighted by molar-refractivity contribution is -0.138. The maximum atomic E-state index is 12.0. The summed E-state index contributed by atoms with van der Waals surface area (Å²) in [6.45, 7) is 7.16. The molecule has 0 fully saturated rings. The Bertz CT molecular complexity index is 415. The van der Waals surface area contributed by atoms with E-state index in [4.69, 9.17) is 5.11 Å². The molecule has 0 aromatic carbocycles. The van der Waals surface area contributed by atoms with Gasteiger partial charge in [0.25, 0.3) is 0 Å². The van der Waals surface area contributed by atoms with Crippen LogP contribution in [0.25, 0.3) is 0 Å². The van der Waals surface area contributed by atoms with Crippen molar-refractivity contribution in [2.45, 2.75) is 53.4 Å². The Morgan fingerprint density at radius 3 is 2.05 bits per heavy atom. The van der Waals surface area contributed by atoms with Crippen LogP contribution in [0.1, 0.15) is 53.4 Å². The number of rotatable bonds is 11. The fourth-order valence-corrected chi connectivity index (χ4v) is 2.10. The van der Waals surface area contributed by atoms with Gasteiger partial charge in [-0.3, -0.25) is 19.2 Å². The molecule has 1 amide bonds. The molecule has 22 heavy (non-hydrogen) atoms. The molecule has 6 nitrogen and oxygen atoms in total. The van der Waals surface area contributed by atoms with E-state index in [2.05, 4.69) is 5.32 Å². The zero-order chi connectivity index (χ0) is 17.3. The van der Waals surface area contributed by atoms with Crippen LogP contribution in [-0.2, 0) is 19.2 Å². The molecule has 0 rings (SSSR count). The van der Waals surface area contributed by atoms with Gasteiger partial charge < -0.3 is 10.4 Å². The first-order valence-corrected chi connectivity index (χ1v) is 7.67. The Labute approximate surface area is 131 Å². The number of ketones is 2. The number of aliphatic carboxylic acids is 1. The highest BCUT2D eigenvalue weighted by Crippen LogP contribution is 2.18. The van der Waals surface area contributed by atoms with Gasteiger partial charge in [0.1, 0.15) is 5.78 Å². The molecule has 1 atom stereocenters. The topological polar surface area (TPSA) is 101 Å². The van der Waals surface area contributed by atoms with Crippen molar-refractivity contribution in [3.8, 4) is 0 Å². The minimum atomic E-state index is -0.987. The molecule has 0 aromatic heterocycles. The third-order valence-corrected chi connectivity index (χ3v) is 3.23. The standard InChI is InChI=1S/C16H27NO5/c1-10(2)7-14(19)17-9-13(18)8-12(5-6-15(20)21)16(22)11(3)4/h10-12H,5-9H2,1-4H3,(H,17,19)(H,20,21)/t12-/m1/s1. The molecule has 2 N–H and O–H groups in total. The molecule has 0 radical (unpaired) electrons. The second-order valence-corrected chi connectivity index (χ2v) is 6.30. The van der Waals surface area contributed by atoms with Crippen molar-refractivity contribution in [3.05, 3.63) is 0 Å². The molecule has 0 saturated carbocycles.